The number of carbonyl (C=O) groups excluding carboxylic acids is 2. The van der Waals surface area contributed by atoms with Gasteiger partial charge in [0.1, 0.15) is 17.6 Å². The summed E-state index contributed by atoms with van der Waals surface area (Å²) in [7, 11) is 0. The Bertz CT molecular complexity index is 990. The number of rotatable bonds is 6. The number of amides is 1. The molecule has 0 aliphatic carbocycles. The molecular weight excluding hydrogens is 374 g/mol. The van der Waals surface area contributed by atoms with Gasteiger partial charge in [-0.3, -0.25) is 4.79 Å². The molecule has 0 aliphatic heterocycles. The Labute approximate surface area is 159 Å². The van der Waals surface area contributed by atoms with Gasteiger partial charge >= 0.3 is 5.97 Å². The van der Waals surface area contributed by atoms with Crippen LogP contribution >= 0.6 is 11.6 Å². The van der Waals surface area contributed by atoms with E-state index in [-0.39, 0.29) is 12.4 Å². The molecule has 3 rings (SSSR count). The largest absolute Gasteiger partial charge is 0.482 e. The van der Waals surface area contributed by atoms with Gasteiger partial charge in [0.15, 0.2) is 24.2 Å². The van der Waals surface area contributed by atoms with E-state index in [1.54, 1.807) is 18.2 Å². The first-order chi connectivity index (χ1) is 12.9. The second-order valence-electron chi connectivity index (χ2n) is 5.64. The van der Waals surface area contributed by atoms with Crippen molar-refractivity contribution in [3.8, 4) is 5.75 Å². The number of fused-ring (bicyclic) bond motifs is 1. The van der Waals surface area contributed by atoms with Crippen molar-refractivity contribution < 1.29 is 19.1 Å². The summed E-state index contributed by atoms with van der Waals surface area (Å²) in [5.41, 5.74) is 1.72. The lowest BCUT2D eigenvalue weighted by atomic mass is 10.2. The van der Waals surface area contributed by atoms with Gasteiger partial charge in [-0.2, -0.15) is 0 Å². The third-order valence-corrected chi connectivity index (χ3v) is 4.05. The maximum Gasteiger partial charge on any atom is 0.344 e. The Balaban J connectivity index is 1.53. The summed E-state index contributed by atoms with van der Waals surface area (Å²) < 4.78 is 10.4. The fourth-order valence-electron chi connectivity index (χ4n) is 2.21. The summed E-state index contributed by atoms with van der Waals surface area (Å²) in [4.78, 5) is 38.9. The molecule has 0 aliphatic rings. The average molecular weight is 390 g/mol. The van der Waals surface area contributed by atoms with Crippen LogP contribution in [0, 0.1) is 6.92 Å². The highest BCUT2D eigenvalue weighted by molar-refractivity contribution is 6.31. The van der Waals surface area contributed by atoms with E-state index in [0.717, 1.165) is 5.56 Å². The number of nitrogens with one attached hydrogen (secondary N) is 2. The standard InChI is InChI=1S/C17H16ClN5O4/c1-9-5-11(3-4-12(9)18)26-6-13(24)27-10(2)17(25)23-16-14-15(20-7-19-14)21-8-22-16/h3-5,7-8,10H,6H2,1-2H3,(H2,19,20,21,22,23,25). The van der Waals surface area contributed by atoms with Gasteiger partial charge in [0, 0.05) is 5.02 Å². The smallest absolute Gasteiger partial charge is 0.344 e. The molecule has 1 aromatic carbocycles. The number of imidazole rings is 1. The Morgan fingerprint density at radius 1 is 1.30 bits per heavy atom. The zero-order valence-corrected chi connectivity index (χ0v) is 15.3. The molecule has 1 unspecified atom stereocenters. The number of aryl methyl sites for hydroxylation is 1. The van der Waals surface area contributed by atoms with E-state index in [1.165, 1.54) is 19.6 Å². The molecule has 0 fully saturated rings. The predicted molar refractivity (Wildman–Crippen MR) is 97.6 cm³/mol. The molecule has 1 amide bonds. The van der Waals surface area contributed by atoms with Crippen LogP contribution in [0.5, 0.6) is 5.75 Å². The van der Waals surface area contributed by atoms with Crippen LogP contribution in [-0.4, -0.2) is 44.5 Å². The van der Waals surface area contributed by atoms with Gasteiger partial charge < -0.3 is 19.8 Å². The molecule has 0 spiro atoms. The number of H-pyrrole nitrogens is 1. The quantitative estimate of drug-likeness (QED) is 0.620. The van der Waals surface area contributed by atoms with Gasteiger partial charge in [-0.05, 0) is 37.6 Å². The third kappa shape index (κ3) is 4.50. The summed E-state index contributed by atoms with van der Waals surface area (Å²) in [5, 5.41) is 3.17. The van der Waals surface area contributed by atoms with Crippen molar-refractivity contribution in [2.75, 3.05) is 11.9 Å². The van der Waals surface area contributed by atoms with Crippen LogP contribution in [0.1, 0.15) is 12.5 Å². The maximum absolute atomic E-state index is 12.2. The number of ether oxygens (including phenoxy) is 2. The molecule has 9 nitrogen and oxygen atoms in total. The van der Waals surface area contributed by atoms with E-state index in [0.29, 0.717) is 21.9 Å². The number of hydrogen-bond acceptors (Lipinski definition) is 7. The first-order valence-corrected chi connectivity index (χ1v) is 8.35. The van der Waals surface area contributed by atoms with Crippen molar-refractivity contribution in [1.29, 1.82) is 0 Å². The minimum absolute atomic E-state index is 0.248. The van der Waals surface area contributed by atoms with Crippen molar-refractivity contribution in [2.24, 2.45) is 0 Å². The topological polar surface area (TPSA) is 119 Å². The molecule has 2 aromatic heterocycles. The summed E-state index contributed by atoms with van der Waals surface area (Å²) >= 11 is 5.94. The number of aromatic nitrogens is 4. The van der Waals surface area contributed by atoms with E-state index in [9.17, 15) is 9.59 Å². The Morgan fingerprint density at radius 3 is 2.89 bits per heavy atom. The minimum Gasteiger partial charge on any atom is -0.482 e. The van der Waals surface area contributed by atoms with Gasteiger partial charge in [0.2, 0.25) is 0 Å². The van der Waals surface area contributed by atoms with Crippen LogP contribution in [-0.2, 0) is 14.3 Å². The number of halogens is 1. The molecule has 1 atom stereocenters. The van der Waals surface area contributed by atoms with Crippen LogP contribution in [0.4, 0.5) is 5.82 Å². The number of hydrogen-bond donors (Lipinski definition) is 2. The monoisotopic (exact) mass is 389 g/mol. The second-order valence-corrected chi connectivity index (χ2v) is 6.05. The Kier molecular flexibility index (Phi) is 5.51. The molecule has 0 radical (unpaired) electrons. The maximum atomic E-state index is 12.2. The van der Waals surface area contributed by atoms with E-state index in [2.05, 4.69) is 25.3 Å². The van der Waals surface area contributed by atoms with Crippen LogP contribution < -0.4 is 10.1 Å². The zero-order chi connectivity index (χ0) is 19.4. The zero-order valence-electron chi connectivity index (χ0n) is 14.5. The number of nitrogens with zero attached hydrogens (tertiary/aromatic N) is 3. The molecule has 2 N–H and O–H groups in total. The number of aromatic amines is 1. The van der Waals surface area contributed by atoms with E-state index in [1.807, 2.05) is 6.92 Å². The lowest BCUT2D eigenvalue weighted by Gasteiger charge is -2.14. The summed E-state index contributed by atoms with van der Waals surface area (Å²) in [6, 6.07) is 5.02. The molecule has 0 saturated carbocycles. The first-order valence-electron chi connectivity index (χ1n) is 7.97. The Morgan fingerprint density at radius 2 is 2.11 bits per heavy atom. The summed E-state index contributed by atoms with van der Waals surface area (Å²) in [6.45, 7) is 2.94. The fraction of sp³-hybridized carbons (Fsp3) is 0.235. The van der Waals surface area contributed by atoms with Gasteiger partial charge in [0.25, 0.3) is 5.91 Å². The van der Waals surface area contributed by atoms with E-state index < -0.39 is 18.0 Å². The molecule has 3 aromatic rings. The molecule has 0 saturated heterocycles. The highest BCUT2D eigenvalue weighted by atomic mass is 35.5. The van der Waals surface area contributed by atoms with Gasteiger partial charge in [-0.15, -0.1) is 0 Å². The lowest BCUT2D eigenvalue weighted by Crippen LogP contribution is -2.32. The molecule has 140 valence electrons. The van der Waals surface area contributed by atoms with Crippen molar-refractivity contribution in [1.82, 2.24) is 19.9 Å². The lowest BCUT2D eigenvalue weighted by molar-refractivity contribution is -0.155. The second kappa shape index (κ2) is 8.00. The number of esters is 1. The van der Waals surface area contributed by atoms with Crippen molar-refractivity contribution in [3.63, 3.8) is 0 Å². The number of benzene rings is 1. The fourth-order valence-corrected chi connectivity index (χ4v) is 2.33. The minimum atomic E-state index is -1.04. The predicted octanol–water partition coefficient (Wildman–Crippen LogP) is 2.26. The highest BCUT2D eigenvalue weighted by Gasteiger charge is 2.20. The molecule has 0 bridgehead atoms. The van der Waals surface area contributed by atoms with Crippen LogP contribution in [0.2, 0.25) is 5.02 Å². The third-order valence-electron chi connectivity index (χ3n) is 3.63. The molecule has 27 heavy (non-hydrogen) atoms. The van der Waals surface area contributed by atoms with Crippen LogP contribution in [0.3, 0.4) is 0 Å². The Hall–Kier alpha value is -3.20. The highest BCUT2D eigenvalue weighted by Crippen LogP contribution is 2.21. The number of anilines is 1. The molecular formula is C17H16ClN5O4. The van der Waals surface area contributed by atoms with E-state index >= 15 is 0 Å². The normalized spacial score (nSPS) is 11.8. The van der Waals surface area contributed by atoms with Crippen molar-refractivity contribution in [2.45, 2.75) is 20.0 Å². The summed E-state index contributed by atoms with van der Waals surface area (Å²) in [6.07, 6.45) is 1.67. The van der Waals surface area contributed by atoms with Crippen molar-refractivity contribution in [3.05, 3.63) is 41.4 Å². The van der Waals surface area contributed by atoms with Gasteiger partial charge in [-0.25, -0.2) is 19.7 Å². The first kappa shape index (κ1) is 18.6. The molecule has 10 heteroatoms. The SMILES string of the molecule is Cc1cc(OCC(=O)OC(C)C(=O)Nc2ncnc3nc[nH]c23)ccc1Cl. The van der Waals surface area contributed by atoms with Gasteiger partial charge in [-0.1, -0.05) is 11.6 Å². The molecule has 2 heterocycles. The summed E-state index contributed by atoms with van der Waals surface area (Å²) in [5.74, 6) is -0.494. The van der Waals surface area contributed by atoms with E-state index in [4.69, 9.17) is 21.1 Å². The van der Waals surface area contributed by atoms with Gasteiger partial charge in [0.05, 0.1) is 6.33 Å². The van der Waals surface area contributed by atoms with Crippen molar-refractivity contribution >= 4 is 40.5 Å². The van der Waals surface area contributed by atoms with Crippen LogP contribution in [0.15, 0.2) is 30.9 Å². The van der Waals surface area contributed by atoms with Crippen LogP contribution in [0.25, 0.3) is 11.2 Å². The average Bonchev–Trinajstić information content (AvgIpc) is 3.12. The number of carbonyl (C=O) groups is 2.